The Balaban J connectivity index is 3.37. The Morgan fingerprint density at radius 3 is 2.71 bits per heavy atom. The van der Waals surface area contributed by atoms with Crippen LogP contribution in [0.15, 0.2) is 17.4 Å². The van der Waals surface area contributed by atoms with E-state index in [1.807, 2.05) is 0 Å². The number of hydrogen-bond donors (Lipinski definition) is 2. The number of nitrogens with two attached hydrogens (primary N) is 1. The van der Waals surface area contributed by atoms with E-state index >= 15 is 0 Å². The second-order valence-electron chi connectivity index (χ2n) is 0.978. The molecule has 40 valence electrons. The van der Waals surface area contributed by atoms with Crippen molar-refractivity contribution in [2.24, 2.45) is 10.8 Å². The van der Waals surface area contributed by atoms with Gasteiger partial charge in [-0.15, -0.1) is 0 Å². The molecule has 3 N–H and O–H groups in total. The molecule has 0 aromatic carbocycles. The van der Waals surface area contributed by atoms with Crippen LogP contribution in [0.3, 0.4) is 0 Å². The summed E-state index contributed by atoms with van der Waals surface area (Å²) in [6.45, 7) is 5.22. The van der Waals surface area contributed by atoms with Crippen molar-refractivity contribution in [2.75, 3.05) is 0 Å². The van der Waals surface area contributed by atoms with Gasteiger partial charge in [-0.3, -0.25) is 0 Å². The van der Waals surface area contributed by atoms with Gasteiger partial charge in [0, 0.05) is 6.21 Å². The topological polar surface area (TPSA) is 50.4 Å². The summed E-state index contributed by atoms with van der Waals surface area (Å²) < 4.78 is 0. The third-order valence-electron chi connectivity index (χ3n) is 0.452. The molecule has 0 aliphatic heterocycles. The predicted molar refractivity (Wildman–Crippen MR) is 30.6 cm³/mol. The maximum absolute atomic E-state index is 4.89. The normalized spacial score (nSPS) is 9.43. The zero-order valence-corrected chi connectivity index (χ0v) is 4.31. The number of nitrogens with one attached hydrogen (secondary N) is 1. The third-order valence-corrected chi connectivity index (χ3v) is 0.452. The minimum Gasteiger partial charge on any atom is -0.309 e. The van der Waals surface area contributed by atoms with E-state index in [4.69, 9.17) is 5.84 Å². The van der Waals surface area contributed by atoms with Crippen LogP contribution in [-0.4, -0.2) is 6.21 Å². The third kappa shape index (κ3) is 2.99. The minimum absolute atomic E-state index is 0.475. The lowest BCUT2D eigenvalue weighted by Gasteiger charge is -1.91. The standard InChI is InChI=1S/C4H9N3/c1-3-6-4(2)7-5/h3,7H,2,5H2,1H3/b6-3-. The molecule has 0 radical (unpaired) electrons. The quantitative estimate of drug-likeness (QED) is 0.291. The SMILES string of the molecule is C=C(/N=C\C)NN. The Morgan fingerprint density at radius 2 is 2.57 bits per heavy atom. The molecule has 0 saturated carbocycles. The molecular formula is C4H9N3. The zero-order valence-electron chi connectivity index (χ0n) is 4.31. The second kappa shape index (κ2) is 3.36. The molecule has 0 unspecified atom stereocenters. The van der Waals surface area contributed by atoms with E-state index in [-0.39, 0.29) is 0 Å². The lowest BCUT2D eigenvalue weighted by Crippen LogP contribution is -2.18. The van der Waals surface area contributed by atoms with Gasteiger partial charge in [-0.05, 0) is 6.92 Å². The van der Waals surface area contributed by atoms with Gasteiger partial charge in [-0.25, -0.2) is 10.8 Å². The summed E-state index contributed by atoms with van der Waals surface area (Å²) >= 11 is 0. The first-order chi connectivity index (χ1) is 3.31. The smallest absolute Gasteiger partial charge is 0.132 e. The second-order valence-corrected chi connectivity index (χ2v) is 0.978. The zero-order chi connectivity index (χ0) is 5.70. The van der Waals surface area contributed by atoms with Crippen molar-refractivity contribution in [3.63, 3.8) is 0 Å². The van der Waals surface area contributed by atoms with Crippen LogP contribution in [0.5, 0.6) is 0 Å². The van der Waals surface area contributed by atoms with E-state index in [0.29, 0.717) is 5.82 Å². The fourth-order valence-corrected chi connectivity index (χ4v) is 0.193. The van der Waals surface area contributed by atoms with Crippen LogP contribution in [0.25, 0.3) is 0 Å². The van der Waals surface area contributed by atoms with Crippen LogP contribution in [0, 0.1) is 0 Å². The molecular weight excluding hydrogens is 90.1 g/mol. The minimum atomic E-state index is 0.475. The van der Waals surface area contributed by atoms with Crippen molar-refractivity contribution in [3.05, 3.63) is 12.4 Å². The van der Waals surface area contributed by atoms with Gasteiger partial charge in [0.25, 0.3) is 0 Å². The molecule has 0 aromatic heterocycles. The van der Waals surface area contributed by atoms with Crippen molar-refractivity contribution < 1.29 is 0 Å². The number of nitrogens with zero attached hydrogens (tertiary/aromatic N) is 1. The van der Waals surface area contributed by atoms with Crippen LogP contribution < -0.4 is 11.3 Å². The molecule has 0 aliphatic carbocycles. The summed E-state index contributed by atoms with van der Waals surface area (Å²) in [7, 11) is 0. The van der Waals surface area contributed by atoms with Crippen LogP contribution >= 0.6 is 0 Å². The largest absolute Gasteiger partial charge is 0.309 e. The van der Waals surface area contributed by atoms with Gasteiger partial charge in [0.1, 0.15) is 5.82 Å². The van der Waals surface area contributed by atoms with Crippen molar-refractivity contribution >= 4 is 6.21 Å². The average molecular weight is 99.1 g/mol. The Hall–Kier alpha value is -0.830. The first kappa shape index (κ1) is 6.17. The molecule has 0 heterocycles. The van der Waals surface area contributed by atoms with Gasteiger partial charge in [-0.1, -0.05) is 6.58 Å². The van der Waals surface area contributed by atoms with Crippen LogP contribution in [0.4, 0.5) is 0 Å². The molecule has 0 amide bonds. The van der Waals surface area contributed by atoms with Crippen molar-refractivity contribution in [3.8, 4) is 0 Å². The van der Waals surface area contributed by atoms with E-state index in [0.717, 1.165) is 0 Å². The molecule has 0 rings (SSSR count). The number of rotatable bonds is 2. The lowest BCUT2D eigenvalue weighted by molar-refractivity contribution is 0.877. The summed E-state index contributed by atoms with van der Waals surface area (Å²) in [6, 6.07) is 0. The summed E-state index contributed by atoms with van der Waals surface area (Å²) in [4.78, 5) is 3.69. The van der Waals surface area contributed by atoms with E-state index in [1.165, 1.54) is 0 Å². The Labute approximate surface area is 42.9 Å². The summed E-state index contributed by atoms with van der Waals surface area (Å²) in [5, 5.41) is 0. The van der Waals surface area contributed by atoms with Crippen molar-refractivity contribution in [2.45, 2.75) is 6.92 Å². The molecule has 0 atom stereocenters. The highest BCUT2D eigenvalue weighted by Crippen LogP contribution is 1.76. The van der Waals surface area contributed by atoms with Gasteiger partial charge in [-0.2, -0.15) is 0 Å². The molecule has 3 nitrogen and oxygen atoms in total. The highest BCUT2D eigenvalue weighted by Gasteiger charge is 1.73. The van der Waals surface area contributed by atoms with Crippen molar-refractivity contribution in [1.29, 1.82) is 0 Å². The molecule has 0 aliphatic rings. The molecule has 0 saturated heterocycles. The van der Waals surface area contributed by atoms with E-state index in [2.05, 4.69) is 17.0 Å². The fourth-order valence-electron chi connectivity index (χ4n) is 0.193. The highest BCUT2D eigenvalue weighted by atomic mass is 15.3. The van der Waals surface area contributed by atoms with Gasteiger partial charge < -0.3 is 5.43 Å². The van der Waals surface area contributed by atoms with Crippen LogP contribution in [0.1, 0.15) is 6.92 Å². The van der Waals surface area contributed by atoms with Gasteiger partial charge in [0.15, 0.2) is 0 Å². The van der Waals surface area contributed by atoms with Gasteiger partial charge in [0.05, 0.1) is 0 Å². The number of aliphatic imine (C=N–C) groups is 1. The summed E-state index contributed by atoms with van der Waals surface area (Å²) in [6.07, 6.45) is 1.61. The van der Waals surface area contributed by atoms with E-state index in [1.54, 1.807) is 13.1 Å². The van der Waals surface area contributed by atoms with Gasteiger partial charge >= 0.3 is 0 Å². The predicted octanol–water partition coefficient (Wildman–Crippen LogP) is 0.0116. The van der Waals surface area contributed by atoms with E-state index < -0.39 is 0 Å². The first-order valence-electron chi connectivity index (χ1n) is 1.95. The number of hydrazine groups is 1. The first-order valence-corrected chi connectivity index (χ1v) is 1.95. The molecule has 0 bridgehead atoms. The summed E-state index contributed by atoms with van der Waals surface area (Å²) in [5.41, 5.74) is 2.27. The van der Waals surface area contributed by atoms with Crippen LogP contribution in [-0.2, 0) is 0 Å². The Bertz CT molecular complexity index is 84.9. The Kier molecular flexibility index (Phi) is 2.96. The molecule has 0 aromatic rings. The van der Waals surface area contributed by atoms with Crippen molar-refractivity contribution in [1.82, 2.24) is 5.43 Å². The summed E-state index contributed by atoms with van der Waals surface area (Å²) in [5.74, 6) is 5.37. The molecule has 0 fully saturated rings. The van der Waals surface area contributed by atoms with Gasteiger partial charge in [0.2, 0.25) is 0 Å². The average Bonchev–Trinajstić information content (AvgIpc) is 1.68. The lowest BCUT2D eigenvalue weighted by atomic mass is 10.8. The fraction of sp³-hybridized carbons (Fsp3) is 0.250. The maximum atomic E-state index is 4.89. The Morgan fingerprint density at radius 1 is 2.00 bits per heavy atom. The monoisotopic (exact) mass is 99.1 g/mol. The molecule has 7 heavy (non-hydrogen) atoms. The molecule has 0 spiro atoms. The van der Waals surface area contributed by atoms with Crippen LogP contribution in [0.2, 0.25) is 0 Å². The van der Waals surface area contributed by atoms with E-state index in [9.17, 15) is 0 Å². The maximum Gasteiger partial charge on any atom is 0.132 e. The number of hydrogen-bond acceptors (Lipinski definition) is 3. The highest BCUT2D eigenvalue weighted by molar-refractivity contribution is 5.54. The molecule has 3 heteroatoms.